The zero-order valence-corrected chi connectivity index (χ0v) is 14.2. The van der Waals surface area contributed by atoms with Gasteiger partial charge in [0.25, 0.3) is 0 Å². The summed E-state index contributed by atoms with van der Waals surface area (Å²) in [6.45, 7) is 4.15. The maximum atomic E-state index is 13.9. The lowest BCUT2D eigenvalue weighted by molar-refractivity contribution is 0.369. The number of nitrogens with one attached hydrogen (secondary N) is 1. The molecular weight excluding hydrogens is 326 g/mol. The Kier molecular flexibility index (Phi) is 5.47. The Bertz CT molecular complexity index is 708. The molecule has 0 aliphatic carbocycles. The van der Waals surface area contributed by atoms with E-state index >= 15 is 0 Å². The number of imidazole rings is 1. The van der Waals surface area contributed by atoms with E-state index in [1.807, 2.05) is 15.7 Å². The second-order valence-electron chi connectivity index (χ2n) is 5.84. The number of piperazine rings is 1. The quantitative estimate of drug-likeness (QED) is 0.673. The van der Waals surface area contributed by atoms with Gasteiger partial charge in [0.05, 0.1) is 12.0 Å². The molecule has 2 heterocycles. The lowest BCUT2D eigenvalue weighted by Crippen LogP contribution is -2.53. The van der Waals surface area contributed by atoms with E-state index in [0.29, 0.717) is 31.9 Å². The van der Waals surface area contributed by atoms with Gasteiger partial charge in [0.15, 0.2) is 5.96 Å². The lowest BCUT2D eigenvalue weighted by atomic mass is 10.2. The summed E-state index contributed by atoms with van der Waals surface area (Å²) in [7, 11) is 1.75. The Labute approximate surface area is 145 Å². The fourth-order valence-electron chi connectivity index (χ4n) is 2.94. The van der Waals surface area contributed by atoms with Gasteiger partial charge in [-0.25, -0.2) is 13.8 Å². The van der Waals surface area contributed by atoms with Crippen LogP contribution in [0.4, 0.5) is 14.5 Å². The third-order valence-corrected chi connectivity index (χ3v) is 4.25. The highest BCUT2D eigenvalue weighted by Gasteiger charge is 2.21. The van der Waals surface area contributed by atoms with Gasteiger partial charge in [0.2, 0.25) is 0 Å². The maximum absolute atomic E-state index is 13.9. The fourth-order valence-corrected chi connectivity index (χ4v) is 2.94. The predicted molar refractivity (Wildman–Crippen MR) is 93.7 cm³/mol. The van der Waals surface area contributed by atoms with E-state index < -0.39 is 11.6 Å². The number of nitrogens with zero attached hydrogens (tertiary/aromatic N) is 5. The van der Waals surface area contributed by atoms with Crippen molar-refractivity contribution >= 4 is 11.6 Å². The number of hydrogen-bond acceptors (Lipinski definition) is 3. The van der Waals surface area contributed by atoms with Gasteiger partial charge in [-0.15, -0.1) is 0 Å². The minimum atomic E-state index is -0.421. The molecule has 134 valence electrons. The van der Waals surface area contributed by atoms with Gasteiger partial charge in [-0.1, -0.05) is 0 Å². The molecule has 0 saturated carbocycles. The molecule has 1 aliphatic rings. The van der Waals surface area contributed by atoms with Gasteiger partial charge in [-0.05, 0) is 12.1 Å². The van der Waals surface area contributed by atoms with Gasteiger partial charge in [0, 0.05) is 64.8 Å². The Morgan fingerprint density at radius 2 is 2.04 bits per heavy atom. The molecule has 1 aliphatic heterocycles. The molecule has 0 radical (unpaired) electrons. The van der Waals surface area contributed by atoms with Crippen LogP contribution in [0.1, 0.15) is 0 Å². The maximum Gasteiger partial charge on any atom is 0.193 e. The van der Waals surface area contributed by atoms with Crippen LogP contribution in [0.5, 0.6) is 0 Å². The van der Waals surface area contributed by atoms with Crippen molar-refractivity contribution in [2.75, 3.05) is 44.7 Å². The molecule has 1 N–H and O–H groups in total. The van der Waals surface area contributed by atoms with Gasteiger partial charge in [-0.3, -0.25) is 4.99 Å². The summed E-state index contributed by atoms with van der Waals surface area (Å²) >= 11 is 0. The van der Waals surface area contributed by atoms with Crippen LogP contribution in [-0.2, 0) is 6.54 Å². The van der Waals surface area contributed by atoms with Gasteiger partial charge in [-0.2, -0.15) is 0 Å². The van der Waals surface area contributed by atoms with Crippen molar-refractivity contribution in [3.05, 3.63) is 48.6 Å². The predicted octanol–water partition coefficient (Wildman–Crippen LogP) is 1.56. The average Bonchev–Trinajstić information content (AvgIpc) is 3.15. The van der Waals surface area contributed by atoms with Crippen molar-refractivity contribution in [1.29, 1.82) is 0 Å². The highest BCUT2D eigenvalue weighted by atomic mass is 19.1. The van der Waals surface area contributed by atoms with Crippen LogP contribution < -0.4 is 10.2 Å². The van der Waals surface area contributed by atoms with E-state index in [1.54, 1.807) is 19.6 Å². The molecule has 0 spiro atoms. The molecule has 1 aromatic heterocycles. The smallest absolute Gasteiger partial charge is 0.193 e. The Morgan fingerprint density at radius 1 is 1.24 bits per heavy atom. The van der Waals surface area contributed by atoms with E-state index in [1.165, 1.54) is 12.1 Å². The summed E-state index contributed by atoms with van der Waals surface area (Å²) in [6.07, 6.45) is 5.44. The summed E-state index contributed by atoms with van der Waals surface area (Å²) in [4.78, 5) is 12.3. The molecule has 6 nitrogen and oxygen atoms in total. The van der Waals surface area contributed by atoms with Gasteiger partial charge < -0.3 is 19.7 Å². The lowest BCUT2D eigenvalue weighted by Gasteiger charge is -2.37. The highest BCUT2D eigenvalue weighted by Crippen LogP contribution is 2.21. The summed E-state index contributed by atoms with van der Waals surface area (Å²) in [5.74, 6) is 0.00739. The number of guanidine groups is 1. The third-order valence-electron chi connectivity index (χ3n) is 4.25. The summed E-state index contributed by atoms with van der Waals surface area (Å²) in [5, 5.41) is 3.33. The molecule has 0 unspecified atom stereocenters. The van der Waals surface area contributed by atoms with Crippen LogP contribution in [-0.4, -0.2) is 60.2 Å². The Balaban J connectivity index is 1.52. The van der Waals surface area contributed by atoms with E-state index in [2.05, 4.69) is 20.2 Å². The minimum absolute atomic E-state index is 0.322. The molecule has 1 saturated heterocycles. The van der Waals surface area contributed by atoms with Crippen LogP contribution in [0.3, 0.4) is 0 Å². The first-order valence-corrected chi connectivity index (χ1v) is 8.28. The molecule has 1 aromatic carbocycles. The Morgan fingerprint density at radius 3 is 2.72 bits per heavy atom. The third kappa shape index (κ3) is 4.26. The molecular formula is C17H22F2N6. The van der Waals surface area contributed by atoms with E-state index in [9.17, 15) is 8.78 Å². The number of rotatable bonds is 4. The highest BCUT2D eigenvalue weighted by molar-refractivity contribution is 5.80. The van der Waals surface area contributed by atoms with Gasteiger partial charge in [0.1, 0.15) is 11.6 Å². The molecule has 0 bridgehead atoms. The first-order chi connectivity index (χ1) is 12.2. The molecule has 3 rings (SSSR count). The van der Waals surface area contributed by atoms with Crippen molar-refractivity contribution in [2.24, 2.45) is 4.99 Å². The van der Waals surface area contributed by atoms with Crippen molar-refractivity contribution in [3.63, 3.8) is 0 Å². The van der Waals surface area contributed by atoms with Gasteiger partial charge >= 0.3 is 0 Å². The molecule has 0 amide bonds. The number of anilines is 1. The SMILES string of the molecule is CN=C(NCCn1ccnc1)N1CCN(c2cc(F)ccc2F)CC1. The van der Waals surface area contributed by atoms with Crippen molar-refractivity contribution < 1.29 is 8.78 Å². The number of aromatic nitrogens is 2. The summed E-state index contributed by atoms with van der Waals surface area (Å²) < 4.78 is 29.3. The number of aliphatic imine (C=N–C) groups is 1. The first-order valence-electron chi connectivity index (χ1n) is 8.28. The van der Waals surface area contributed by atoms with Crippen molar-refractivity contribution in [3.8, 4) is 0 Å². The second-order valence-corrected chi connectivity index (χ2v) is 5.84. The zero-order valence-electron chi connectivity index (χ0n) is 14.2. The summed E-state index contributed by atoms with van der Waals surface area (Å²) in [6, 6.07) is 3.57. The van der Waals surface area contributed by atoms with Crippen molar-refractivity contribution in [2.45, 2.75) is 6.54 Å². The zero-order chi connectivity index (χ0) is 17.6. The normalized spacial score (nSPS) is 15.6. The standard InChI is InChI=1S/C17H22F2N6/c1-20-17(22-5-7-23-6-4-21-13-23)25-10-8-24(9-11-25)16-12-14(18)2-3-15(16)19/h2-4,6,12-13H,5,7-11H2,1H3,(H,20,22). The van der Waals surface area contributed by atoms with Crippen LogP contribution in [0.15, 0.2) is 41.9 Å². The average molecular weight is 348 g/mol. The Hall–Kier alpha value is -2.64. The minimum Gasteiger partial charge on any atom is -0.366 e. The van der Waals surface area contributed by atoms with Crippen LogP contribution in [0.2, 0.25) is 0 Å². The molecule has 1 fully saturated rings. The van der Waals surface area contributed by atoms with Crippen LogP contribution >= 0.6 is 0 Å². The van der Waals surface area contributed by atoms with Crippen LogP contribution in [0, 0.1) is 11.6 Å². The number of benzene rings is 1. The number of hydrogen-bond donors (Lipinski definition) is 1. The van der Waals surface area contributed by atoms with E-state index in [-0.39, 0.29) is 0 Å². The molecule has 25 heavy (non-hydrogen) atoms. The fraction of sp³-hybridized carbons (Fsp3) is 0.412. The molecule has 8 heteroatoms. The first kappa shape index (κ1) is 17.2. The topological polar surface area (TPSA) is 48.7 Å². The summed E-state index contributed by atoms with van der Waals surface area (Å²) in [5.41, 5.74) is 0.322. The van der Waals surface area contributed by atoms with Crippen LogP contribution in [0.25, 0.3) is 0 Å². The monoisotopic (exact) mass is 348 g/mol. The molecule has 0 atom stereocenters. The van der Waals surface area contributed by atoms with E-state index in [4.69, 9.17) is 0 Å². The number of halogens is 2. The van der Waals surface area contributed by atoms with Crippen molar-refractivity contribution in [1.82, 2.24) is 19.8 Å². The second kappa shape index (κ2) is 7.96. The molecule has 2 aromatic rings. The largest absolute Gasteiger partial charge is 0.366 e. The van der Waals surface area contributed by atoms with E-state index in [0.717, 1.165) is 25.1 Å².